The topological polar surface area (TPSA) is 60.8 Å². The Morgan fingerprint density at radius 2 is 1.74 bits per heavy atom. The lowest BCUT2D eigenvalue weighted by molar-refractivity contribution is 0.328. The highest BCUT2D eigenvalue weighted by molar-refractivity contribution is 7.96. The van der Waals surface area contributed by atoms with Crippen LogP contribution in [0.3, 0.4) is 0 Å². The van der Waals surface area contributed by atoms with E-state index in [1.54, 1.807) is 42.5 Å². The number of anilines is 1. The molecule has 1 unspecified atom stereocenters. The normalized spacial score (nSPS) is 19.7. The van der Waals surface area contributed by atoms with Crippen LogP contribution < -0.4 is 4.47 Å². The first kappa shape index (κ1) is 12.0. The maximum atomic E-state index is 12.1. The zero-order chi connectivity index (χ0) is 13.4. The highest BCUT2D eigenvalue weighted by Gasteiger charge is 2.29. The number of phenols is 1. The molecule has 3 rings (SSSR count). The zero-order valence-corrected chi connectivity index (χ0v) is 10.7. The molecule has 19 heavy (non-hydrogen) atoms. The van der Waals surface area contributed by atoms with Crippen molar-refractivity contribution in [2.75, 3.05) is 4.47 Å². The predicted octanol–water partition coefficient (Wildman–Crippen LogP) is 2.76. The largest absolute Gasteiger partial charge is 0.508 e. The molecular formula is C14H11NO3S. The minimum absolute atomic E-state index is 0.180. The Balaban J connectivity index is 2.10. The first-order valence-corrected chi connectivity index (χ1v) is 6.78. The molecule has 1 aliphatic heterocycles. The van der Waals surface area contributed by atoms with Crippen molar-refractivity contribution >= 4 is 27.7 Å². The van der Waals surface area contributed by atoms with E-state index in [9.17, 15) is 14.5 Å². The van der Waals surface area contributed by atoms with E-state index in [4.69, 9.17) is 0 Å². The third-order valence-electron chi connectivity index (χ3n) is 2.91. The monoisotopic (exact) mass is 273 g/mol. The van der Waals surface area contributed by atoms with Crippen LogP contribution >= 0.6 is 0 Å². The molecule has 0 amide bonds. The summed E-state index contributed by atoms with van der Waals surface area (Å²) in [6.07, 6.45) is 1.74. The van der Waals surface area contributed by atoms with Crippen LogP contribution in [-0.2, 0) is 11.0 Å². The van der Waals surface area contributed by atoms with Gasteiger partial charge in [-0.15, -0.1) is 0 Å². The van der Waals surface area contributed by atoms with Gasteiger partial charge in [0.1, 0.15) is 5.75 Å². The van der Waals surface area contributed by atoms with E-state index in [1.165, 1.54) is 0 Å². The molecule has 2 aromatic carbocycles. The number of hydrogen-bond acceptors (Lipinski definition) is 3. The molecule has 1 heterocycles. The number of para-hydroxylation sites is 1. The molecular weight excluding hydrogens is 262 g/mol. The quantitative estimate of drug-likeness (QED) is 0.840. The molecule has 1 atom stereocenters. The Hall–Kier alpha value is -2.11. The lowest BCUT2D eigenvalue weighted by atomic mass is 10.1. The lowest BCUT2D eigenvalue weighted by Gasteiger charge is -2.05. The van der Waals surface area contributed by atoms with Crippen LogP contribution in [-0.4, -0.2) is 14.5 Å². The Labute approximate surface area is 112 Å². The zero-order valence-electron chi connectivity index (χ0n) is 9.85. The number of phenolic OH excluding ortho intramolecular Hbond substituents is 1. The highest BCUT2D eigenvalue weighted by atomic mass is 32.2. The smallest absolute Gasteiger partial charge is 0.177 e. The first-order valence-electron chi connectivity index (χ1n) is 5.68. The van der Waals surface area contributed by atoms with E-state index >= 15 is 0 Å². The average molecular weight is 273 g/mol. The summed E-state index contributed by atoms with van der Waals surface area (Å²) in [5.41, 5.74) is 2.09. The summed E-state index contributed by atoms with van der Waals surface area (Å²) in [5, 5.41) is 19.0. The minimum Gasteiger partial charge on any atom is -0.508 e. The predicted molar refractivity (Wildman–Crippen MR) is 74.8 cm³/mol. The summed E-state index contributed by atoms with van der Waals surface area (Å²) >= 11 is 0. The van der Waals surface area contributed by atoms with Crippen LogP contribution in [0.5, 0.6) is 5.75 Å². The number of fused-ring (bicyclic) bond motifs is 1. The molecule has 5 heteroatoms. The van der Waals surface area contributed by atoms with Gasteiger partial charge in [-0.3, -0.25) is 5.21 Å². The van der Waals surface area contributed by atoms with Crippen LogP contribution in [0.2, 0.25) is 0 Å². The van der Waals surface area contributed by atoms with Crippen molar-refractivity contribution in [3.05, 3.63) is 59.7 Å². The van der Waals surface area contributed by atoms with Gasteiger partial charge in [0.15, 0.2) is 11.0 Å². The van der Waals surface area contributed by atoms with E-state index in [0.717, 1.165) is 15.6 Å². The molecule has 0 saturated carbocycles. The van der Waals surface area contributed by atoms with Gasteiger partial charge in [-0.2, -0.15) is 4.47 Å². The van der Waals surface area contributed by atoms with Crippen molar-refractivity contribution in [1.29, 1.82) is 0 Å². The van der Waals surface area contributed by atoms with Crippen LogP contribution in [0.25, 0.3) is 11.0 Å². The Morgan fingerprint density at radius 1 is 1.05 bits per heavy atom. The third kappa shape index (κ3) is 2.03. The number of rotatable bonds is 1. The van der Waals surface area contributed by atoms with Gasteiger partial charge in [-0.25, -0.2) is 4.21 Å². The maximum Gasteiger partial charge on any atom is 0.177 e. The van der Waals surface area contributed by atoms with Gasteiger partial charge in [0.2, 0.25) is 0 Å². The van der Waals surface area contributed by atoms with Gasteiger partial charge in [-0.1, -0.05) is 30.3 Å². The fraction of sp³-hybridized carbons (Fsp3) is 0. The van der Waals surface area contributed by atoms with Crippen molar-refractivity contribution in [3.8, 4) is 5.75 Å². The second-order valence-electron chi connectivity index (χ2n) is 4.14. The van der Waals surface area contributed by atoms with Gasteiger partial charge < -0.3 is 5.11 Å². The fourth-order valence-corrected chi connectivity index (χ4v) is 3.10. The standard InChI is InChI=1S/C14H11NO3S/c16-11-7-5-10(6-8-11)9-14-12-3-1-2-4-13(12)15(17)19(14)18/h1-9,16-17H. The summed E-state index contributed by atoms with van der Waals surface area (Å²) in [5.74, 6) is 0.180. The van der Waals surface area contributed by atoms with Gasteiger partial charge >= 0.3 is 0 Å². The van der Waals surface area contributed by atoms with E-state index in [1.807, 2.05) is 12.1 Å². The van der Waals surface area contributed by atoms with Gasteiger partial charge in [-0.05, 0) is 29.8 Å². The lowest BCUT2D eigenvalue weighted by Crippen LogP contribution is -2.14. The summed E-state index contributed by atoms with van der Waals surface area (Å²) in [7, 11) is -1.62. The maximum absolute atomic E-state index is 12.1. The van der Waals surface area contributed by atoms with Crippen molar-refractivity contribution in [2.45, 2.75) is 0 Å². The Morgan fingerprint density at radius 3 is 2.47 bits per heavy atom. The van der Waals surface area contributed by atoms with Crippen molar-refractivity contribution < 1.29 is 14.5 Å². The van der Waals surface area contributed by atoms with Gasteiger partial charge in [0, 0.05) is 5.56 Å². The van der Waals surface area contributed by atoms with Gasteiger partial charge in [0.25, 0.3) is 0 Å². The molecule has 0 spiro atoms. The van der Waals surface area contributed by atoms with E-state index in [2.05, 4.69) is 0 Å². The van der Waals surface area contributed by atoms with E-state index in [0.29, 0.717) is 10.6 Å². The molecule has 0 aromatic heterocycles. The Kier molecular flexibility index (Phi) is 2.85. The number of nitrogens with zero attached hydrogens (tertiary/aromatic N) is 1. The molecule has 0 aliphatic carbocycles. The SMILES string of the molecule is O=S1C(=Cc2ccc(O)cc2)c2ccccc2N1O. The minimum atomic E-state index is -1.62. The summed E-state index contributed by atoms with van der Waals surface area (Å²) in [6.45, 7) is 0. The molecule has 0 radical (unpaired) electrons. The molecule has 2 aromatic rings. The molecule has 1 aliphatic rings. The van der Waals surface area contributed by atoms with E-state index < -0.39 is 11.0 Å². The number of aromatic hydroxyl groups is 1. The van der Waals surface area contributed by atoms with Crippen LogP contribution in [0.1, 0.15) is 11.1 Å². The van der Waals surface area contributed by atoms with Crippen LogP contribution in [0.15, 0.2) is 48.5 Å². The molecule has 96 valence electrons. The van der Waals surface area contributed by atoms with Crippen LogP contribution in [0.4, 0.5) is 5.69 Å². The molecule has 0 bridgehead atoms. The summed E-state index contributed by atoms with van der Waals surface area (Å²) in [4.78, 5) is 0.545. The van der Waals surface area contributed by atoms with E-state index in [-0.39, 0.29) is 5.75 Å². The van der Waals surface area contributed by atoms with Crippen molar-refractivity contribution in [1.82, 2.24) is 0 Å². The fourth-order valence-electron chi connectivity index (χ4n) is 1.98. The van der Waals surface area contributed by atoms with Crippen molar-refractivity contribution in [2.24, 2.45) is 0 Å². The van der Waals surface area contributed by atoms with Crippen molar-refractivity contribution in [3.63, 3.8) is 0 Å². The average Bonchev–Trinajstić information content (AvgIpc) is 2.67. The second kappa shape index (κ2) is 4.53. The molecule has 2 N–H and O–H groups in total. The highest BCUT2D eigenvalue weighted by Crippen LogP contribution is 2.39. The number of benzene rings is 2. The first-order chi connectivity index (χ1) is 9.16. The summed E-state index contributed by atoms with van der Waals surface area (Å²) < 4.78 is 12.9. The van der Waals surface area contributed by atoms with Crippen LogP contribution in [0, 0.1) is 0 Å². The van der Waals surface area contributed by atoms with Gasteiger partial charge in [0.05, 0.1) is 10.6 Å². The number of hydrogen-bond donors (Lipinski definition) is 2. The Bertz CT molecular complexity index is 679. The summed E-state index contributed by atoms with van der Waals surface area (Å²) in [6, 6.07) is 13.7. The second-order valence-corrected chi connectivity index (χ2v) is 5.42. The third-order valence-corrected chi connectivity index (χ3v) is 4.14. The molecule has 4 nitrogen and oxygen atoms in total. The molecule has 0 saturated heterocycles. The molecule has 0 fully saturated rings.